The van der Waals surface area contributed by atoms with Gasteiger partial charge in [0.1, 0.15) is 5.75 Å². The van der Waals surface area contributed by atoms with Crippen LogP contribution in [-0.4, -0.2) is 25.9 Å². The third-order valence-electron chi connectivity index (χ3n) is 4.97. The van der Waals surface area contributed by atoms with Gasteiger partial charge in [-0.2, -0.15) is 4.31 Å². The molecule has 1 unspecified atom stereocenters. The maximum absolute atomic E-state index is 13.2. The molecule has 2 aromatic carbocycles. The van der Waals surface area contributed by atoms with Crippen molar-refractivity contribution in [2.45, 2.75) is 44.0 Å². The molecule has 0 radical (unpaired) electrons. The van der Waals surface area contributed by atoms with Crippen LogP contribution in [-0.2, 0) is 15.6 Å². The molecule has 134 valence electrons. The number of ether oxygens (including phenoxy) is 1. The smallest absolute Gasteiger partial charge is 0.243 e. The molecular weight excluding hydrogens is 334 g/mol. The number of sulfonamides is 1. The van der Waals surface area contributed by atoms with Gasteiger partial charge in [0.2, 0.25) is 10.0 Å². The Morgan fingerprint density at radius 2 is 1.72 bits per heavy atom. The van der Waals surface area contributed by atoms with Crippen molar-refractivity contribution in [1.82, 2.24) is 4.31 Å². The molecule has 0 aliphatic carbocycles. The molecule has 0 aromatic heterocycles. The summed E-state index contributed by atoms with van der Waals surface area (Å²) in [6.45, 7) is 7.07. The van der Waals surface area contributed by atoms with Crippen molar-refractivity contribution < 1.29 is 13.2 Å². The van der Waals surface area contributed by atoms with E-state index < -0.39 is 15.6 Å². The van der Waals surface area contributed by atoms with E-state index in [0.717, 1.165) is 29.7 Å². The van der Waals surface area contributed by atoms with E-state index in [4.69, 9.17) is 4.74 Å². The highest BCUT2D eigenvalue weighted by atomic mass is 32.2. The molecule has 1 saturated heterocycles. The van der Waals surface area contributed by atoms with E-state index in [1.165, 1.54) is 0 Å². The SMILES string of the molecule is CCOc1ccc(C2(C)CCCN2S(=O)(=O)c2ccc(C)cc2)cc1. The van der Waals surface area contributed by atoms with Crippen molar-refractivity contribution in [2.75, 3.05) is 13.2 Å². The average Bonchev–Trinajstić information content (AvgIpc) is 3.00. The van der Waals surface area contributed by atoms with Crippen LogP contribution in [0.5, 0.6) is 5.75 Å². The van der Waals surface area contributed by atoms with Gasteiger partial charge in [0.25, 0.3) is 0 Å². The van der Waals surface area contributed by atoms with Crippen molar-refractivity contribution in [3.63, 3.8) is 0 Å². The minimum atomic E-state index is -3.53. The van der Waals surface area contributed by atoms with E-state index in [9.17, 15) is 8.42 Å². The molecule has 3 rings (SSSR count). The Kier molecular flexibility index (Phi) is 4.89. The van der Waals surface area contributed by atoms with Crippen molar-refractivity contribution in [3.8, 4) is 5.75 Å². The maximum atomic E-state index is 13.2. The highest BCUT2D eigenvalue weighted by Crippen LogP contribution is 2.42. The minimum absolute atomic E-state index is 0.358. The zero-order valence-corrected chi connectivity index (χ0v) is 15.8. The van der Waals surface area contributed by atoms with Gasteiger partial charge in [0, 0.05) is 6.54 Å². The Labute approximate surface area is 150 Å². The molecule has 25 heavy (non-hydrogen) atoms. The number of rotatable bonds is 5. The fraction of sp³-hybridized carbons (Fsp3) is 0.400. The molecule has 0 saturated carbocycles. The van der Waals surface area contributed by atoms with Gasteiger partial charge in [-0.15, -0.1) is 0 Å². The fourth-order valence-electron chi connectivity index (χ4n) is 3.53. The standard InChI is InChI=1S/C20H25NO3S/c1-4-24-18-10-8-17(9-11-18)20(3)14-5-15-21(20)25(22,23)19-12-6-16(2)7-13-19/h6-13H,4-5,14-15H2,1-3H3. The Morgan fingerprint density at radius 3 is 2.32 bits per heavy atom. The lowest BCUT2D eigenvalue weighted by atomic mass is 9.90. The molecule has 1 heterocycles. The van der Waals surface area contributed by atoms with Gasteiger partial charge in [0.15, 0.2) is 0 Å². The number of hydrogen-bond acceptors (Lipinski definition) is 3. The van der Waals surface area contributed by atoms with Crippen LogP contribution in [0.25, 0.3) is 0 Å². The number of benzene rings is 2. The second kappa shape index (κ2) is 6.81. The van der Waals surface area contributed by atoms with Crippen molar-refractivity contribution in [1.29, 1.82) is 0 Å². The first kappa shape index (κ1) is 18.0. The summed E-state index contributed by atoms with van der Waals surface area (Å²) in [6.07, 6.45) is 1.67. The average molecular weight is 359 g/mol. The third-order valence-corrected chi connectivity index (χ3v) is 7.01. The zero-order valence-electron chi connectivity index (χ0n) is 15.0. The van der Waals surface area contributed by atoms with Crippen LogP contribution in [0.2, 0.25) is 0 Å². The monoisotopic (exact) mass is 359 g/mol. The lowest BCUT2D eigenvalue weighted by molar-refractivity contribution is 0.269. The Bertz CT molecular complexity index is 828. The fourth-order valence-corrected chi connectivity index (χ4v) is 5.36. The van der Waals surface area contributed by atoms with E-state index in [-0.39, 0.29) is 0 Å². The third kappa shape index (κ3) is 3.31. The van der Waals surface area contributed by atoms with E-state index in [1.54, 1.807) is 16.4 Å². The molecule has 1 aliphatic rings. The highest BCUT2D eigenvalue weighted by Gasteiger charge is 2.45. The predicted molar refractivity (Wildman–Crippen MR) is 99.3 cm³/mol. The van der Waals surface area contributed by atoms with Crippen LogP contribution in [0.15, 0.2) is 53.4 Å². The summed E-state index contributed by atoms with van der Waals surface area (Å²) in [5, 5.41) is 0. The van der Waals surface area contributed by atoms with Crippen molar-refractivity contribution >= 4 is 10.0 Å². The van der Waals surface area contributed by atoms with Crippen LogP contribution in [0.3, 0.4) is 0 Å². The molecule has 0 N–H and O–H groups in total. The second-order valence-corrected chi connectivity index (χ2v) is 8.59. The van der Waals surface area contributed by atoms with Gasteiger partial charge in [0.05, 0.1) is 17.0 Å². The Balaban J connectivity index is 1.96. The van der Waals surface area contributed by atoms with Gasteiger partial charge in [-0.3, -0.25) is 0 Å². The molecule has 4 nitrogen and oxygen atoms in total. The Morgan fingerprint density at radius 1 is 1.08 bits per heavy atom. The summed E-state index contributed by atoms with van der Waals surface area (Å²) < 4.78 is 33.6. The normalized spacial score (nSPS) is 21.4. The number of hydrogen-bond donors (Lipinski definition) is 0. The number of aryl methyl sites for hydroxylation is 1. The first-order valence-corrected chi connectivity index (χ1v) is 10.1. The number of nitrogens with zero attached hydrogens (tertiary/aromatic N) is 1. The predicted octanol–water partition coefficient (Wildman–Crippen LogP) is 4.09. The van der Waals surface area contributed by atoms with E-state index in [1.807, 2.05) is 57.2 Å². The first-order chi connectivity index (χ1) is 11.9. The van der Waals surface area contributed by atoms with E-state index >= 15 is 0 Å². The van der Waals surface area contributed by atoms with Crippen LogP contribution < -0.4 is 4.74 Å². The van der Waals surface area contributed by atoms with Gasteiger partial charge >= 0.3 is 0 Å². The van der Waals surface area contributed by atoms with Crippen LogP contribution in [0.4, 0.5) is 0 Å². The summed E-state index contributed by atoms with van der Waals surface area (Å²) in [7, 11) is -3.53. The van der Waals surface area contributed by atoms with Gasteiger partial charge in [-0.25, -0.2) is 8.42 Å². The maximum Gasteiger partial charge on any atom is 0.243 e. The first-order valence-electron chi connectivity index (χ1n) is 8.71. The molecule has 1 fully saturated rings. The molecular formula is C20H25NO3S. The molecule has 1 atom stereocenters. The Hall–Kier alpha value is -1.85. The summed E-state index contributed by atoms with van der Waals surface area (Å²) in [6, 6.07) is 14.9. The lowest BCUT2D eigenvalue weighted by Gasteiger charge is -2.35. The molecule has 2 aromatic rings. The summed E-state index contributed by atoms with van der Waals surface area (Å²) >= 11 is 0. The summed E-state index contributed by atoms with van der Waals surface area (Å²) in [5.74, 6) is 0.806. The molecule has 0 bridgehead atoms. The highest BCUT2D eigenvalue weighted by molar-refractivity contribution is 7.89. The van der Waals surface area contributed by atoms with Crippen molar-refractivity contribution in [3.05, 3.63) is 59.7 Å². The van der Waals surface area contributed by atoms with Crippen LogP contribution >= 0.6 is 0 Å². The van der Waals surface area contributed by atoms with Gasteiger partial charge in [-0.1, -0.05) is 29.8 Å². The lowest BCUT2D eigenvalue weighted by Crippen LogP contribution is -2.42. The summed E-state index contributed by atoms with van der Waals surface area (Å²) in [4.78, 5) is 0.358. The van der Waals surface area contributed by atoms with Crippen molar-refractivity contribution in [2.24, 2.45) is 0 Å². The molecule has 1 aliphatic heterocycles. The quantitative estimate of drug-likeness (QED) is 0.808. The second-order valence-electron chi connectivity index (χ2n) is 6.73. The van der Waals surface area contributed by atoms with E-state index in [0.29, 0.717) is 18.0 Å². The molecule has 0 spiro atoms. The topological polar surface area (TPSA) is 46.6 Å². The van der Waals surface area contributed by atoms with E-state index in [2.05, 4.69) is 0 Å². The minimum Gasteiger partial charge on any atom is -0.494 e. The zero-order chi connectivity index (χ0) is 18.1. The van der Waals surface area contributed by atoms with Crippen LogP contribution in [0.1, 0.15) is 37.8 Å². The molecule has 5 heteroatoms. The summed E-state index contributed by atoms with van der Waals surface area (Å²) in [5.41, 5.74) is 1.52. The molecule has 0 amide bonds. The van der Waals surface area contributed by atoms with Gasteiger partial charge in [-0.05, 0) is 63.4 Å². The van der Waals surface area contributed by atoms with Gasteiger partial charge < -0.3 is 4.74 Å². The van der Waals surface area contributed by atoms with Crippen LogP contribution in [0, 0.1) is 6.92 Å². The largest absolute Gasteiger partial charge is 0.494 e.